The molecule has 1 aromatic heterocycles. The fraction of sp³-hybridized carbons (Fsp3) is 0.600. The second-order valence-corrected chi connectivity index (χ2v) is 4.01. The van der Waals surface area contributed by atoms with Crippen molar-refractivity contribution in [1.82, 2.24) is 9.78 Å². The number of carbonyl (C=O) groups excluding carboxylic acids is 1. The van der Waals surface area contributed by atoms with Crippen LogP contribution in [0.1, 0.15) is 21.7 Å². The van der Waals surface area contributed by atoms with Crippen LogP contribution in [0.3, 0.4) is 0 Å². The number of alkyl halides is 8. The third-order valence-corrected chi connectivity index (χ3v) is 2.55. The van der Waals surface area contributed by atoms with Gasteiger partial charge in [-0.25, -0.2) is 0 Å². The monoisotopic (exact) mass is 340 g/mol. The van der Waals surface area contributed by atoms with Crippen LogP contribution in [-0.4, -0.2) is 36.0 Å². The van der Waals surface area contributed by atoms with Gasteiger partial charge in [0.05, 0.1) is 13.2 Å². The Morgan fingerprint density at radius 1 is 1.14 bits per heavy atom. The summed E-state index contributed by atoms with van der Waals surface area (Å²) in [5, 5.41) is 2.64. The minimum absolute atomic E-state index is 0.105. The number of halogens is 8. The third kappa shape index (κ3) is 3.20. The maximum atomic E-state index is 13.3. The number of methoxy groups -OCH3 is 1. The lowest BCUT2D eigenvalue weighted by Crippen LogP contribution is -2.36. The smallest absolute Gasteiger partial charge is 0.383 e. The van der Waals surface area contributed by atoms with Crippen molar-refractivity contribution in [3.05, 3.63) is 17.0 Å². The summed E-state index contributed by atoms with van der Waals surface area (Å²) in [6.07, 6.45) is -12.4. The van der Waals surface area contributed by atoms with Gasteiger partial charge in [0.2, 0.25) is 0 Å². The van der Waals surface area contributed by atoms with Gasteiger partial charge >= 0.3 is 18.3 Å². The van der Waals surface area contributed by atoms with Crippen molar-refractivity contribution in [2.75, 3.05) is 13.7 Å². The number of aromatic nitrogens is 2. The van der Waals surface area contributed by atoms with Crippen LogP contribution >= 0.6 is 0 Å². The first kappa shape index (κ1) is 18.3. The van der Waals surface area contributed by atoms with Gasteiger partial charge in [0.1, 0.15) is 11.3 Å². The second-order valence-electron chi connectivity index (χ2n) is 4.01. The zero-order valence-corrected chi connectivity index (χ0v) is 10.7. The maximum Gasteiger partial charge on any atom is 0.459 e. The van der Waals surface area contributed by atoms with Crippen molar-refractivity contribution >= 4 is 6.29 Å². The number of hydrogen-bond acceptors (Lipinski definition) is 3. The van der Waals surface area contributed by atoms with Crippen molar-refractivity contribution in [3.63, 3.8) is 0 Å². The van der Waals surface area contributed by atoms with E-state index in [1.807, 2.05) is 0 Å². The van der Waals surface area contributed by atoms with E-state index in [1.54, 1.807) is 0 Å². The van der Waals surface area contributed by atoms with E-state index in [0.717, 1.165) is 7.11 Å². The summed E-state index contributed by atoms with van der Waals surface area (Å²) in [4.78, 5) is 10.7. The minimum atomic E-state index is -6.30. The van der Waals surface area contributed by atoms with Gasteiger partial charge in [0.15, 0.2) is 12.0 Å². The van der Waals surface area contributed by atoms with E-state index in [4.69, 9.17) is 0 Å². The number of carbonyl (C=O) groups is 1. The third-order valence-electron chi connectivity index (χ3n) is 2.55. The number of hydrogen-bond donors (Lipinski definition) is 0. The molecule has 12 heteroatoms. The molecule has 0 aliphatic carbocycles. The van der Waals surface area contributed by atoms with E-state index in [-0.39, 0.29) is 11.3 Å². The molecule has 22 heavy (non-hydrogen) atoms. The molecular formula is C10H8F8N2O2. The summed E-state index contributed by atoms with van der Waals surface area (Å²) in [7, 11) is 1.11. The molecule has 1 heterocycles. The number of aldehydes is 1. The molecule has 0 atom stereocenters. The van der Waals surface area contributed by atoms with Gasteiger partial charge in [0.25, 0.3) is 0 Å². The van der Waals surface area contributed by atoms with Crippen molar-refractivity contribution in [2.45, 2.75) is 24.8 Å². The van der Waals surface area contributed by atoms with Crippen LogP contribution in [0.15, 0.2) is 0 Å². The van der Waals surface area contributed by atoms with E-state index in [2.05, 4.69) is 9.84 Å². The molecule has 0 bridgehead atoms. The molecule has 0 radical (unpaired) electrons. The summed E-state index contributed by atoms with van der Waals surface area (Å²) in [5.74, 6) is -5.87. The second kappa shape index (κ2) is 5.82. The first-order chi connectivity index (χ1) is 9.87. The molecule has 1 aromatic rings. The first-order valence-electron chi connectivity index (χ1n) is 5.45. The highest BCUT2D eigenvalue weighted by Gasteiger charge is 2.64. The van der Waals surface area contributed by atoms with Crippen LogP contribution in [0.2, 0.25) is 0 Å². The SMILES string of the molecule is COCCn1nc(C(F)(F)C(F)(F)F)c(C(F)(F)F)c1C=O. The molecular weight excluding hydrogens is 332 g/mol. The average molecular weight is 340 g/mol. The molecule has 0 saturated carbocycles. The first-order valence-corrected chi connectivity index (χ1v) is 5.45. The highest BCUT2D eigenvalue weighted by Crippen LogP contribution is 2.48. The zero-order chi connectivity index (χ0) is 17.3. The van der Waals surface area contributed by atoms with Crippen LogP contribution < -0.4 is 0 Å². The molecule has 0 N–H and O–H groups in total. The van der Waals surface area contributed by atoms with E-state index >= 15 is 0 Å². The molecule has 4 nitrogen and oxygen atoms in total. The van der Waals surface area contributed by atoms with Crippen molar-refractivity contribution in [2.24, 2.45) is 0 Å². The molecule has 0 fully saturated rings. The lowest BCUT2D eigenvalue weighted by atomic mass is 10.1. The molecule has 0 amide bonds. The fourth-order valence-corrected chi connectivity index (χ4v) is 1.58. The highest BCUT2D eigenvalue weighted by atomic mass is 19.4. The van der Waals surface area contributed by atoms with Crippen LogP contribution in [0, 0.1) is 0 Å². The Hall–Kier alpha value is -1.72. The number of rotatable bonds is 5. The lowest BCUT2D eigenvalue weighted by molar-refractivity contribution is -0.292. The molecule has 0 saturated heterocycles. The Balaban J connectivity index is 3.63. The van der Waals surface area contributed by atoms with Gasteiger partial charge in [-0.1, -0.05) is 0 Å². The van der Waals surface area contributed by atoms with Crippen LogP contribution in [0.5, 0.6) is 0 Å². The molecule has 1 rings (SSSR count). The zero-order valence-electron chi connectivity index (χ0n) is 10.7. The maximum absolute atomic E-state index is 13.3. The van der Waals surface area contributed by atoms with Crippen molar-refractivity contribution in [1.29, 1.82) is 0 Å². The lowest BCUT2D eigenvalue weighted by Gasteiger charge is -2.19. The molecule has 0 spiro atoms. The number of ether oxygens (including phenoxy) is 1. The quantitative estimate of drug-likeness (QED) is 0.611. The molecule has 0 aromatic carbocycles. The van der Waals surface area contributed by atoms with Crippen molar-refractivity contribution < 1.29 is 44.7 Å². The normalized spacial score (nSPS) is 13.5. The predicted octanol–water partition coefficient (Wildman–Crippen LogP) is 3.01. The summed E-state index contributed by atoms with van der Waals surface area (Å²) in [5.41, 5.74) is -6.41. The van der Waals surface area contributed by atoms with E-state index in [0.29, 0.717) is 0 Å². The molecule has 0 unspecified atom stereocenters. The minimum Gasteiger partial charge on any atom is -0.383 e. The average Bonchev–Trinajstić information content (AvgIpc) is 2.73. The Morgan fingerprint density at radius 3 is 2.05 bits per heavy atom. The summed E-state index contributed by atoms with van der Waals surface area (Å²) in [6.45, 7) is -0.960. The van der Waals surface area contributed by atoms with E-state index in [9.17, 15) is 39.9 Å². The van der Waals surface area contributed by atoms with Crippen LogP contribution in [0.25, 0.3) is 0 Å². The van der Waals surface area contributed by atoms with E-state index in [1.165, 1.54) is 0 Å². The van der Waals surface area contributed by atoms with Crippen LogP contribution in [0.4, 0.5) is 35.1 Å². The Labute approximate surface area is 117 Å². The van der Waals surface area contributed by atoms with Gasteiger partial charge < -0.3 is 4.74 Å². The van der Waals surface area contributed by atoms with E-state index < -0.39 is 48.1 Å². The van der Waals surface area contributed by atoms with Crippen LogP contribution in [-0.2, 0) is 23.4 Å². The Kier molecular flexibility index (Phi) is 4.85. The number of nitrogens with zero attached hydrogens (tertiary/aromatic N) is 2. The topological polar surface area (TPSA) is 44.1 Å². The summed E-state index contributed by atoms with van der Waals surface area (Å²) in [6, 6.07) is 0. The van der Waals surface area contributed by atoms with Gasteiger partial charge in [-0.2, -0.15) is 40.2 Å². The molecule has 0 aliphatic heterocycles. The Bertz CT molecular complexity index is 546. The Morgan fingerprint density at radius 2 is 1.68 bits per heavy atom. The van der Waals surface area contributed by atoms with Crippen molar-refractivity contribution in [3.8, 4) is 0 Å². The molecule has 0 aliphatic rings. The summed E-state index contributed by atoms with van der Waals surface area (Å²) >= 11 is 0. The standard InChI is InChI=1S/C10H8F8N2O2/c1-22-3-2-20-5(4-21)6(9(13,14)15)7(19-20)8(11,12)10(16,17)18/h4H,2-3H2,1H3. The van der Waals surface area contributed by atoms with Gasteiger partial charge in [-0.05, 0) is 0 Å². The van der Waals surface area contributed by atoms with Gasteiger partial charge in [-0.15, -0.1) is 0 Å². The molecule has 126 valence electrons. The fourth-order valence-electron chi connectivity index (χ4n) is 1.58. The van der Waals surface area contributed by atoms with Gasteiger partial charge in [0, 0.05) is 7.11 Å². The highest BCUT2D eigenvalue weighted by molar-refractivity contribution is 5.76. The van der Waals surface area contributed by atoms with Gasteiger partial charge in [-0.3, -0.25) is 9.48 Å². The predicted molar refractivity (Wildman–Crippen MR) is 54.4 cm³/mol. The summed E-state index contributed by atoms with van der Waals surface area (Å²) < 4.78 is 106. The largest absolute Gasteiger partial charge is 0.459 e.